The average Bonchev–Trinajstić information content (AvgIpc) is 2.85. The highest BCUT2D eigenvalue weighted by Gasteiger charge is 2.25. The van der Waals surface area contributed by atoms with Gasteiger partial charge in [-0.25, -0.2) is 0 Å². The Kier molecular flexibility index (Phi) is 2.19. The minimum Gasteiger partial charge on any atom is -0.398 e. The molecule has 76 valence electrons. The van der Waals surface area contributed by atoms with Crippen LogP contribution in [0.2, 0.25) is 0 Å². The third kappa shape index (κ3) is 1.85. The van der Waals surface area contributed by atoms with Crippen molar-refractivity contribution in [2.45, 2.75) is 18.8 Å². The third-order valence-corrected chi connectivity index (χ3v) is 4.23. The number of rotatable bonds is 2. The molecule has 0 atom stereocenters. The fourth-order valence-electron chi connectivity index (χ4n) is 1.70. The van der Waals surface area contributed by atoms with Crippen molar-refractivity contribution in [2.75, 3.05) is 19.1 Å². The van der Waals surface area contributed by atoms with Crippen LogP contribution in [0.1, 0.15) is 24.3 Å². The summed E-state index contributed by atoms with van der Waals surface area (Å²) in [6.07, 6.45) is 2.53. The molecule has 2 rings (SSSR count). The molecular weight excluding hydrogens is 193 g/mol. The third-order valence-electron chi connectivity index (χ3n) is 2.68. The Morgan fingerprint density at radius 1 is 1.36 bits per heavy atom. The van der Waals surface area contributed by atoms with Gasteiger partial charge >= 0.3 is 0 Å². The molecule has 0 bridgehead atoms. The monoisotopic (exact) mass is 209 g/mol. The molecule has 14 heavy (non-hydrogen) atoms. The van der Waals surface area contributed by atoms with Crippen LogP contribution in [0, 0.1) is 0 Å². The molecule has 0 aliphatic heterocycles. The summed E-state index contributed by atoms with van der Waals surface area (Å²) in [4.78, 5) is 0. The van der Waals surface area contributed by atoms with Gasteiger partial charge in [0.2, 0.25) is 0 Å². The lowest BCUT2D eigenvalue weighted by Crippen LogP contribution is -2.10. The quantitative estimate of drug-likeness (QED) is 0.600. The molecule has 1 aromatic rings. The lowest BCUT2D eigenvalue weighted by atomic mass is 10.1. The fraction of sp³-hybridized carbons (Fsp3) is 0.455. The van der Waals surface area contributed by atoms with Crippen LogP contribution in [-0.4, -0.2) is 13.3 Å². The van der Waals surface area contributed by atoms with Crippen LogP contribution in [-0.2, 0) is 4.57 Å². The zero-order valence-corrected chi connectivity index (χ0v) is 9.55. The van der Waals surface area contributed by atoms with Crippen LogP contribution in [0.15, 0.2) is 18.2 Å². The van der Waals surface area contributed by atoms with Crippen molar-refractivity contribution in [1.29, 1.82) is 0 Å². The topological polar surface area (TPSA) is 43.1 Å². The lowest BCUT2D eigenvalue weighted by molar-refractivity contribution is 0.588. The van der Waals surface area contributed by atoms with Gasteiger partial charge in [0.1, 0.15) is 7.14 Å². The molecule has 2 N–H and O–H groups in total. The van der Waals surface area contributed by atoms with Gasteiger partial charge in [-0.2, -0.15) is 0 Å². The van der Waals surface area contributed by atoms with E-state index in [1.807, 2.05) is 12.1 Å². The van der Waals surface area contributed by atoms with E-state index in [1.165, 1.54) is 18.4 Å². The Morgan fingerprint density at radius 3 is 2.50 bits per heavy atom. The van der Waals surface area contributed by atoms with Crippen molar-refractivity contribution in [3.8, 4) is 0 Å². The summed E-state index contributed by atoms with van der Waals surface area (Å²) in [7, 11) is -2.22. The van der Waals surface area contributed by atoms with Crippen molar-refractivity contribution in [2.24, 2.45) is 0 Å². The van der Waals surface area contributed by atoms with Crippen LogP contribution in [0.3, 0.4) is 0 Å². The molecule has 1 saturated carbocycles. The predicted molar refractivity (Wildman–Crippen MR) is 61.9 cm³/mol. The van der Waals surface area contributed by atoms with E-state index in [0.717, 1.165) is 5.30 Å². The molecule has 3 heteroatoms. The smallest absolute Gasteiger partial charge is 0.111 e. The molecule has 0 unspecified atom stereocenters. The SMILES string of the molecule is CP(C)(=O)c1cc(C2CC2)ccc1N. The number of nitrogen functional groups attached to an aromatic ring is 1. The van der Waals surface area contributed by atoms with Crippen molar-refractivity contribution < 1.29 is 4.57 Å². The Morgan fingerprint density at radius 2 is 2.00 bits per heavy atom. The molecule has 1 aromatic carbocycles. The first kappa shape index (κ1) is 9.79. The summed E-state index contributed by atoms with van der Waals surface area (Å²) in [5.41, 5.74) is 7.80. The van der Waals surface area contributed by atoms with Gasteiger partial charge < -0.3 is 10.3 Å². The second-order valence-electron chi connectivity index (χ2n) is 4.44. The first-order valence-corrected chi connectivity index (χ1v) is 7.53. The van der Waals surface area contributed by atoms with E-state index in [2.05, 4.69) is 6.07 Å². The summed E-state index contributed by atoms with van der Waals surface area (Å²) in [6, 6.07) is 5.99. The number of benzene rings is 1. The van der Waals surface area contributed by atoms with Crippen molar-refractivity contribution in [3.05, 3.63) is 23.8 Å². The van der Waals surface area contributed by atoms with Gasteiger partial charge in [-0.1, -0.05) is 6.07 Å². The predicted octanol–water partition coefficient (Wildman–Crippen LogP) is 2.39. The zero-order valence-electron chi connectivity index (χ0n) is 8.66. The lowest BCUT2D eigenvalue weighted by Gasteiger charge is -2.12. The van der Waals surface area contributed by atoms with Crippen molar-refractivity contribution in [3.63, 3.8) is 0 Å². The summed E-state index contributed by atoms with van der Waals surface area (Å²) < 4.78 is 12.0. The maximum absolute atomic E-state index is 12.0. The molecule has 0 heterocycles. The Bertz CT molecular complexity index is 404. The summed E-state index contributed by atoms with van der Waals surface area (Å²) >= 11 is 0. The summed E-state index contributed by atoms with van der Waals surface area (Å²) in [5.74, 6) is 0.695. The second kappa shape index (κ2) is 3.13. The van der Waals surface area contributed by atoms with E-state index in [0.29, 0.717) is 11.6 Å². The van der Waals surface area contributed by atoms with E-state index in [-0.39, 0.29) is 0 Å². The molecule has 0 saturated heterocycles. The van der Waals surface area contributed by atoms with E-state index < -0.39 is 7.14 Å². The van der Waals surface area contributed by atoms with E-state index in [1.54, 1.807) is 13.3 Å². The van der Waals surface area contributed by atoms with E-state index >= 15 is 0 Å². The van der Waals surface area contributed by atoms with Crippen LogP contribution >= 0.6 is 7.14 Å². The Hall–Kier alpha value is -0.750. The molecule has 0 amide bonds. The van der Waals surface area contributed by atoms with Gasteiger partial charge in [-0.05, 0) is 49.8 Å². The summed E-state index contributed by atoms with van der Waals surface area (Å²) in [6.45, 7) is 3.55. The molecule has 0 spiro atoms. The molecule has 1 fully saturated rings. The fourth-order valence-corrected chi connectivity index (χ4v) is 2.85. The highest BCUT2D eigenvalue weighted by Crippen LogP contribution is 2.43. The first-order valence-electron chi connectivity index (χ1n) is 4.93. The Labute approximate surface area is 84.9 Å². The van der Waals surface area contributed by atoms with Gasteiger partial charge in [0.05, 0.1) is 0 Å². The second-order valence-corrected chi connectivity index (χ2v) is 7.63. The van der Waals surface area contributed by atoms with Crippen LogP contribution in [0.25, 0.3) is 0 Å². The standard InChI is InChI=1S/C11H16NOP/c1-14(2,13)11-7-9(8-3-4-8)5-6-10(11)12/h5-8H,3-4,12H2,1-2H3. The van der Waals surface area contributed by atoms with Gasteiger partial charge in [-0.15, -0.1) is 0 Å². The van der Waals surface area contributed by atoms with Crippen molar-refractivity contribution >= 4 is 18.1 Å². The highest BCUT2D eigenvalue weighted by molar-refractivity contribution is 7.70. The van der Waals surface area contributed by atoms with Crippen molar-refractivity contribution in [1.82, 2.24) is 0 Å². The molecule has 1 aliphatic carbocycles. The zero-order chi connectivity index (χ0) is 10.3. The highest BCUT2D eigenvalue weighted by atomic mass is 31.2. The van der Waals surface area contributed by atoms with Gasteiger partial charge in [0.25, 0.3) is 0 Å². The Balaban J connectivity index is 2.47. The van der Waals surface area contributed by atoms with Gasteiger partial charge in [0.15, 0.2) is 0 Å². The minimum absolute atomic E-state index is 0.669. The number of nitrogens with two attached hydrogens (primary N) is 1. The molecule has 0 aromatic heterocycles. The minimum atomic E-state index is -2.22. The van der Waals surface area contributed by atoms with E-state index in [9.17, 15) is 4.57 Å². The largest absolute Gasteiger partial charge is 0.398 e. The molecule has 2 nitrogen and oxygen atoms in total. The maximum Gasteiger partial charge on any atom is 0.111 e. The van der Waals surface area contributed by atoms with Gasteiger partial charge in [-0.3, -0.25) is 0 Å². The number of anilines is 1. The number of hydrogen-bond donors (Lipinski definition) is 1. The molecule has 1 aliphatic rings. The normalized spacial score (nSPS) is 17.0. The average molecular weight is 209 g/mol. The maximum atomic E-state index is 12.0. The first-order chi connectivity index (χ1) is 6.48. The van der Waals surface area contributed by atoms with Crippen LogP contribution in [0.4, 0.5) is 5.69 Å². The molecule has 0 radical (unpaired) electrons. The van der Waals surface area contributed by atoms with Crippen LogP contribution < -0.4 is 11.0 Å². The van der Waals surface area contributed by atoms with E-state index in [4.69, 9.17) is 5.73 Å². The molecular formula is C11H16NOP. The van der Waals surface area contributed by atoms with Gasteiger partial charge in [0, 0.05) is 11.0 Å². The summed E-state index contributed by atoms with van der Waals surface area (Å²) in [5, 5.41) is 0.849. The number of hydrogen-bond acceptors (Lipinski definition) is 2. The van der Waals surface area contributed by atoms with Crippen LogP contribution in [0.5, 0.6) is 0 Å².